The van der Waals surface area contributed by atoms with Crippen molar-refractivity contribution in [3.63, 3.8) is 0 Å². The van der Waals surface area contributed by atoms with Crippen LogP contribution in [0.2, 0.25) is 0 Å². The van der Waals surface area contributed by atoms with Crippen molar-refractivity contribution >= 4 is 27.3 Å². The number of methoxy groups -OCH3 is 2. The van der Waals surface area contributed by atoms with Gasteiger partial charge in [-0.05, 0) is 54.0 Å². The average molecular weight is 451 g/mol. The second-order valence-electron chi connectivity index (χ2n) is 7.62. The van der Waals surface area contributed by atoms with Gasteiger partial charge in [0.1, 0.15) is 4.21 Å². The lowest BCUT2D eigenvalue weighted by atomic mass is 9.94. The molecule has 3 heterocycles. The molecule has 2 aliphatic heterocycles. The molecule has 30 heavy (non-hydrogen) atoms. The SMILES string of the molecule is COc1cc2c(cc1OC)CN(C(=O)[C@H]1CCCN(S(=O)(=O)c3cccs3)C1)CC2. The quantitative estimate of drug-likeness (QED) is 0.700. The highest BCUT2D eigenvalue weighted by Crippen LogP contribution is 2.34. The lowest BCUT2D eigenvalue weighted by Gasteiger charge is -2.36. The van der Waals surface area contributed by atoms with E-state index < -0.39 is 10.0 Å². The van der Waals surface area contributed by atoms with Gasteiger partial charge in [-0.25, -0.2) is 8.42 Å². The standard InChI is InChI=1S/C21H26N2O5S2/c1-27-18-11-15-7-9-22(13-17(15)12-19(18)28-2)21(24)16-5-3-8-23(14-16)30(25,26)20-6-4-10-29-20/h4,6,10-12,16H,3,5,7-9,13-14H2,1-2H3/t16-/m0/s1. The van der Waals surface area contributed by atoms with Gasteiger partial charge in [-0.3, -0.25) is 4.79 Å². The molecule has 0 aliphatic carbocycles. The molecule has 1 saturated heterocycles. The van der Waals surface area contributed by atoms with Crippen LogP contribution < -0.4 is 9.47 Å². The maximum absolute atomic E-state index is 13.3. The number of fused-ring (bicyclic) bond motifs is 1. The zero-order chi connectivity index (χ0) is 21.3. The van der Waals surface area contributed by atoms with Gasteiger partial charge in [-0.2, -0.15) is 4.31 Å². The average Bonchev–Trinajstić information content (AvgIpc) is 3.33. The van der Waals surface area contributed by atoms with E-state index in [0.29, 0.717) is 48.2 Å². The van der Waals surface area contributed by atoms with E-state index in [1.807, 2.05) is 17.0 Å². The van der Waals surface area contributed by atoms with Crippen molar-refractivity contribution in [2.45, 2.75) is 30.0 Å². The molecule has 0 unspecified atom stereocenters. The minimum Gasteiger partial charge on any atom is -0.493 e. The Bertz CT molecular complexity index is 1020. The van der Waals surface area contributed by atoms with Crippen LogP contribution in [-0.4, -0.2) is 57.4 Å². The normalized spacial score (nSPS) is 19.9. The highest BCUT2D eigenvalue weighted by Gasteiger charge is 2.36. The van der Waals surface area contributed by atoms with Crippen molar-refractivity contribution < 1.29 is 22.7 Å². The number of hydrogen-bond donors (Lipinski definition) is 0. The molecular weight excluding hydrogens is 424 g/mol. The number of ether oxygens (including phenoxy) is 2. The van der Waals surface area contributed by atoms with Crippen LogP contribution in [0.3, 0.4) is 0 Å². The predicted octanol–water partition coefficient (Wildman–Crippen LogP) is 2.75. The van der Waals surface area contributed by atoms with Gasteiger partial charge in [-0.15, -0.1) is 11.3 Å². The van der Waals surface area contributed by atoms with E-state index in [1.165, 1.54) is 15.6 Å². The van der Waals surface area contributed by atoms with E-state index in [1.54, 1.807) is 31.7 Å². The molecule has 0 N–H and O–H groups in total. The van der Waals surface area contributed by atoms with Crippen LogP contribution in [0.1, 0.15) is 24.0 Å². The summed E-state index contributed by atoms with van der Waals surface area (Å²) < 4.78 is 38.3. The smallest absolute Gasteiger partial charge is 0.252 e. The Labute approximate surface area is 181 Å². The van der Waals surface area contributed by atoms with E-state index in [0.717, 1.165) is 17.5 Å². The van der Waals surface area contributed by atoms with Crippen LogP contribution in [-0.2, 0) is 27.8 Å². The Morgan fingerprint density at radius 2 is 1.87 bits per heavy atom. The van der Waals surface area contributed by atoms with E-state index in [4.69, 9.17) is 9.47 Å². The summed E-state index contributed by atoms with van der Waals surface area (Å²) in [7, 11) is -0.320. The van der Waals surface area contributed by atoms with Crippen molar-refractivity contribution in [3.8, 4) is 11.5 Å². The van der Waals surface area contributed by atoms with Gasteiger partial charge in [0, 0.05) is 26.2 Å². The third-order valence-corrected chi connectivity index (χ3v) is 9.09. The summed E-state index contributed by atoms with van der Waals surface area (Å²) in [5, 5.41) is 1.76. The maximum atomic E-state index is 13.3. The molecule has 1 aromatic heterocycles. The summed E-state index contributed by atoms with van der Waals surface area (Å²) >= 11 is 1.21. The summed E-state index contributed by atoms with van der Waals surface area (Å²) in [6.07, 6.45) is 2.15. The molecule has 7 nitrogen and oxygen atoms in total. The van der Waals surface area contributed by atoms with Crippen LogP contribution in [0.25, 0.3) is 0 Å². The summed E-state index contributed by atoms with van der Waals surface area (Å²) in [5.41, 5.74) is 2.20. The van der Waals surface area contributed by atoms with Gasteiger partial charge in [-0.1, -0.05) is 6.07 Å². The fraction of sp³-hybridized carbons (Fsp3) is 0.476. The minimum atomic E-state index is -3.53. The molecule has 0 radical (unpaired) electrons. The summed E-state index contributed by atoms with van der Waals surface area (Å²) in [5.74, 6) is 1.06. The topological polar surface area (TPSA) is 76.2 Å². The fourth-order valence-electron chi connectivity index (χ4n) is 4.23. The second kappa shape index (κ2) is 8.56. The number of nitrogens with zero attached hydrogens (tertiary/aromatic N) is 2. The lowest BCUT2D eigenvalue weighted by Crippen LogP contribution is -2.47. The van der Waals surface area contributed by atoms with Crippen LogP contribution >= 0.6 is 11.3 Å². The fourth-order valence-corrected chi connectivity index (χ4v) is 6.90. The molecule has 162 valence electrons. The molecule has 4 rings (SSSR count). The van der Waals surface area contributed by atoms with E-state index >= 15 is 0 Å². The Kier molecular flexibility index (Phi) is 6.04. The Balaban J connectivity index is 1.49. The zero-order valence-corrected chi connectivity index (χ0v) is 18.8. The van der Waals surface area contributed by atoms with Gasteiger partial charge in [0.15, 0.2) is 11.5 Å². The number of thiophene rings is 1. The van der Waals surface area contributed by atoms with Gasteiger partial charge in [0.05, 0.1) is 20.1 Å². The van der Waals surface area contributed by atoms with E-state index in [-0.39, 0.29) is 18.4 Å². The molecule has 9 heteroatoms. The molecule has 0 spiro atoms. The third kappa shape index (κ3) is 3.93. The Morgan fingerprint density at radius 3 is 2.53 bits per heavy atom. The van der Waals surface area contributed by atoms with Crippen molar-refractivity contribution in [2.24, 2.45) is 5.92 Å². The van der Waals surface area contributed by atoms with Crippen LogP contribution in [0, 0.1) is 5.92 Å². The van der Waals surface area contributed by atoms with Crippen LogP contribution in [0.15, 0.2) is 33.9 Å². The lowest BCUT2D eigenvalue weighted by molar-refractivity contribution is -0.137. The molecule has 1 atom stereocenters. The first-order valence-corrected chi connectivity index (χ1v) is 12.3. The number of hydrogen-bond acceptors (Lipinski definition) is 6. The van der Waals surface area contributed by atoms with E-state index in [2.05, 4.69) is 0 Å². The van der Waals surface area contributed by atoms with E-state index in [9.17, 15) is 13.2 Å². The second-order valence-corrected chi connectivity index (χ2v) is 10.7. The highest BCUT2D eigenvalue weighted by molar-refractivity contribution is 7.91. The monoisotopic (exact) mass is 450 g/mol. The van der Waals surface area contributed by atoms with Crippen molar-refractivity contribution in [1.82, 2.24) is 9.21 Å². The summed E-state index contributed by atoms with van der Waals surface area (Å²) in [6.45, 7) is 1.83. The largest absolute Gasteiger partial charge is 0.493 e. The molecule has 2 aromatic rings. The van der Waals surface area contributed by atoms with Gasteiger partial charge in [0.2, 0.25) is 5.91 Å². The molecule has 1 fully saturated rings. The summed E-state index contributed by atoms with van der Waals surface area (Å²) in [6, 6.07) is 7.27. The highest BCUT2D eigenvalue weighted by atomic mass is 32.2. The predicted molar refractivity (Wildman–Crippen MR) is 114 cm³/mol. The van der Waals surface area contributed by atoms with Crippen molar-refractivity contribution in [1.29, 1.82) is 0 Å². The first kappa shape index (κ1) is 21.1. The minimum absolute atomic E-state index is 0.0292. The number of carbonyl (C=O) groups is 1. The number of amides is 1. The number of sulfonamides is 1. The number of piperidine rings is 1. The number of rotatable bonds is 5. The molecule has 0 bridgehead atoms. The summed E-state index contributed by atoms with van der Waals surface area (Å²) in [4.78, 5) is 15.1. The Morgan fingerprint density at radius 1 is 1.13 bits per heavy atom. The Hall–Kier alpha value is -2.10. The molecule has 0 saturated carbocycles. The molecule has 2 aliphatic rings. The van der Waals surface area contributed by atoms with Crippen LogP contribution in [0.4, 0.5) is 0 Å². The number of benzene rings is 1. The first-order chi connectivity index (χ1) is 14.4. The maximum Gasteiger partial charge on any atom is 0.252 e. The molecule has 1 aromatic carbocycles. The van der Waals surface area contributed by atoms with Crippen LogP contribution in [0.5, 0.6) is 11.5 Å². The number of carbonyl (C=O) groups excluding carboxylic acids is 1. The van der Waals surface area contributed by atoms with Gasteiger partial charge >= 0.3 is 0 Å². The third-order valence-electron chi connectivity index (χ3n) is 5.85. The molecular formula is C21H26N2O5S2. The van der Waals surface area contributed by atoms with Crippen molar-refractivity contribution in [3.05, 3.63) is 40.8 Å². The van der Waals surface area contributed by atoms with Gasteiger partial charge in [0.25, 0.3) is 10.0 Å². The zero-order valence-electron chi connectivity index (χ0n) is 17.2. The van der Waals surface area contributed by atoms with Crippen molar-refractivity contribution in [2.75, 3.05) is 33.9 Å². The first-order valence-electron chi connectivity index (χ1n) is 10.00. The molecule has 1 amide bonds. The van der Waals surface area contributed by atoms with Gasteiger partial charge < -0.3 is 14.4 Å².